The molecule has 0 aliphatic rings. The number of aliphatic hydroxyl groups is 5. The largest absolute Gasteiger partial charge is 0.464 e. The van der Waals surface area contributed by atoms with Gasteiger partial charge < -0.3 is 30.3 Å². The van der Waals surface area contributed by atoms with E-state index in [1.807, 2.05) is 0 Å². The summed E-state index contributed by atoms with van der Waals surface area (Å²) in [5.41, 5.74) is 0. The number of aliphatic hydroxyl groups excluding tert-OH is 5. The van der Waals surface area contributed by atoms with Gasteiger partial charge in [0.15, 0.2) is 6.10 Å². The zero-order chi connectivity index (χ0) is 20.5. The number of carbonyl (C=O) groups excluding carboxylic acids is 1. The minimum atomic E-state index is -1.96. The maximum Gasteiger partial charge on any atom is 0.337 e. The summed E-state index contributed by atoms with van der Waals surface area (Å²) < 4.78 is 4.88. The van der Waals surface area contributed by atoms with E-state index in [0.717, 1.165) is 19.3 Å². The number of carbonyl (C=O) groups is 1. The summed E-state index contributed by atoms with van der Waals surface area (Å²) in [5.74, 6) is -1.05. The van der Waals surface area contributed by atoms with Crippen molar-refractivity contribution in [3.05, 3.63) is 0 Å². The Morgan fingerprint density at radius 3 is 1.63 bits per heavy atom. The molecule has 7 heteroatoms. The molecule has 4 atom stereocenters. The second kappa shape index (κ2) is 17.4. The van der Waals surface area contributed by atoms with E-state index in [0.29, 0.717) is 6.42 Å². The van der Waals surface area contributed by atoms with Gasteiger partial charge >= 0.3 is 5.97 Å². The van der Waals surface area contributed by atoms with Crippen molar-refractivity contribution in [3.8, 4) is 0 Å². The third kappa shape index (κ3) is 13.1. The van der Waals surface area contributed by atoms with Crippen molar-refractivity contribution in [3.63, 3.8) is 0 Å². The predicted octanol–water partition coefficient (Wildman–Crippen LogP) is 1.67. The van der Waals surface area contributed by atoms with Gasteiger partial charge in [-0.2, -0.15) is 0 Å². The Labute approximate surface area is 163 Å². The summed E-state index contributed by atoms with van der Waals surface area (Å²) in [6.07, 6.45) is 6.93. The first-order valence-electron chi connectivity index (χ1n) is 10.4. The molecule has 0 aliphatic carbocycles. The van der Waals surface area contributed by atoms with Crippen molar-refractivity contribution < 1.29 is 35.1 Å². The van der Waals surface area contributed by atoms with Gasteiger partial charge in [-0.05, 0) is 6.42 Å². The maximum atomic E-state index is 11.6. The number of ether oxygens (including phenoxy) is 1. The van der Waals surface area contributed by atoms with Gasteiger partial charge in [-0.3, -0.25) is 0 Å². The van der Waals surface area contributed by atoms with Crippen molar-refractivity contribution >= 4 is 5.97 Å². The lowest BCUT2D eigenvalue weighted by atomic mass is 10.0. The van der Waals surface area contributed by atoms with Crippen molar-refractivity contribution in [1.29, 1.82) is 0 Å². The average molecular weight is 393 g/mol. The van der Waals surface area contributed by atoms with Crippen LogP contribution < -0.4 is 0 Å². The molecule has 0 aliphatic heterocycles. The van der Waals surface area contributed by atoms with Gasteiger partial charge in [-0.1, -0.05) is 77.6 Å². The van der Waals surface area contributed by atoms with Crippen LogP contribution in [0.25, 0.3) is 0 Å². The Morgan fingerprint density at radius 2 is 1.19 bits per heavy atom. The third-order valence-electron chi connectivity index (χ3n) is 4.74. The van der Waals surface area contributed by atoms with Crippen molar-refractivity contribution in [2.24, 2.45) is 0 Å². The van der Waals surface area contributed by atoms with E-state index in [-0.39, 0.29) is 6.61 Å². The van der Waals surface area contributed by atoms with Crippen LogP contribution in [-0.2, 0) is 9.53 Å². The Balaban J connectivity index is 3.57. The van der Waals surface area contributed by atoms with Gasteiger partial charge in [0.05, 0.1) is 13.2 Å². The summed E-state index contributed by atoms with van der Waals surface area (Å²) in [6.45, 7) is 1.57. The number of hydrogen-bond acceptors (Lipinski definition) is 7. The Hall–Kier alpha value is -0.730. The molecule has 0 saturated heterocycles. The van der Waals surface area contributed by atoms with Crippen LogP contribution in [0.2, 0.25) is 0 Å². The molecule has 0 amide bonds. The molecule has 0 fully saturated rings. The molecule has 0 bridgehead atoms. The quantitative estimate of drug-likeness (QED) is 0.177. The molecule has 0 heterocycles. The molecule has 0 saturated carbocycles. The zero-order valence-electron chi connectivity index (χ0n) is 16.8. The molecule has 4 unspecified atom stereocenters. The number of rotatable bonds is 18. The molecule has 5 N–H and O–H groups in total. The lowest BCUT2D eigenvalue weighted by molar-refractivity contribution is -0.170. The maximum absolute atomic E-state index is 11.6. The summed E-state index contributed by atoms with van der Waals surface area (Å²) in [6, 6.07) is 0. The van der Waals surface area contributed by atoms with Crippen LogP contribution >= 0.6 is 0 Å². The number of hydrogen-bond donors (Lipinski definition) is 5. The van der Waals surface area contributed by atoms with Crippen LogP contribution in [0, 0.1) is 0 Å². The summed E-state index contributed by atoms with van der Waals surface area (Å²) in [7, 11) is 0. The van der Waals surface area contributed by atoms with E-state index in [2.05, 4.69) is 6.92 Å². The molecule has 0 spiro atoms. The van der Waals surface area contributed by atoms with Crippen LogP contribution in [0.5, 0.6) is 0 Å². The molecular weight excluding hydrogens is 352 g/mol. The van der Waals surface area contributed by atoms with Crippen LogP contribution in [0.1, 0.15) is 84.0 Å². The van der Waals surface area contributed by atoms with Crippen LogP contribution in [0.3, 0.4) is 0 Å². The SMILES string of the molecule is CCCCCCCCCCCCCCOC(=O)C(O)C(O)C(O)C(O)CO. The van der Waals surface area contributed by atoms with Crippen LogP contribution in [0.15, 0.2) is 0 Å². The van der Waals surface area contributed by atoms with E-state index in [1.165, 1.54) is 51.4 Å². The predicted molar refractivity (Wildman–Crippen MR) is 103 cm³/mol. The fourth-order valence-electron chi connectivity index (χ4n) is 2.86. The molecule has 27 heavy (non-hydrogen) atoms. The monoisotopic (exact) mass is 392 g/mol. The van der Waals surface area contributed by atoms with Crippen molar-refractivity contribution in [1.82, 2.24) is 0 Å². The van der Waals surface area contributed by atoms with Gasteiger partial charge in [-0.15, -0.1) is 0 Å². The highest BCUT2D eigenvalue weighted by molar-refractivity contribution is 5.75. The van der Waals surface area contributed by atoms with E-state index < -0.39 is 37.0 Å². The molecule has 7 nitrogen and oxygen atoms in total. The lowest BCUT2D eigenvalue weighted by Crippen LogP contribution is -2.49. The second-order valence-electron chi connectivity index (χ2n) is 7.23. The Kier molecular flexibility index (Phi) is 16.9. The van der Waals surface area contributed by atoms with Gasteiger partial charge in [0.1, 0.15) is 18.3 Å². The fraction of sp³-hybridized carbons (Fsp3) is 0.950. The summed E-state index contributed by atoms with van der Waals surface area (Å²) >= 11 is 0. The minimum Gasteiger partial charge on any atom is -0.464 e. The van der Waals surface area contributed by atoms with Crippen molar-refractivity contribution in [2.75, 3.05) is 13.2 Å². The highest BCUT2D eigenvalue weighted by Gasteiger charge is 2.35. The van der Waals surface area contributed by atoms with Gasteiger partial charge in [-0.25, -0.2) is 4.79 Å². The van der Waals surface area contributed by atoms with Crippen LogP contribution in [0.4, 0.5) is 0 Å². The lowest BCUT2D eigenvalue weighted by Gasteiger charge is -2.24. The Morgan fingerprint density at radius 1 is 0.741 bits per heavy atom. The highest BCUT2D eigenvalue weighted by atomic mass is 16.5. The van der Waals surface area contributed by atoms with E-state index >= 15 is 0 Å². The minimum absolute atomic E-state index is 0.138. The fourth-order valence-corrected chi connectivity index (χ4v) is 2.86. The first-order valence-corrected chi connectivity index (χ1v) is 10.4. The molecular formula is C20H40O7. The number of unbranched alkanes of at least 4 members (excludes halogenated alkanes) is 11. The Bertz CT molecular complexity index is 351. The van der Waals surface area contributed by atoms with E-state index in [1.54, 1.807) is 0 Å². The van der Waals surface area contributed by atoms with Crippen molar-refractivity contribution in [2.45, 2.75) is 108 Å². The van der Waals surface area contributed by atoms with Gasteiger partial charge in [0, 0.05) is 0 Å². The van der Waals surface area contributed by atoms with Crippen LogP contribution in [-0.4, -0.2) is 69.1 Å². The van der Waals surface area contributed by atoms with E-state index in [4.69, 9.17) is 9.84 Å². The summed E-state index contributed by atoms with van der Waals surface area (Å²) in [5, 5.41) is 46.6. The molecule has 0 aromatic rings. The number of esters is 1. The van der Waals surface area contributed by atoms with Gasteiger partial charge in [0.2, 0.25) is 0 Å². The molecule has 0 rings (SSSR count). The molecule has 0 aromatic heterocycles. The third-order valence-corrected chi connectivity index (χ3v) is 4.74. The second-order valence-corrected chi connectivity index (χ2v) is 7.23. The topological polar surface area (TPSA) is 127 Å². The smallest absolute Gasteiger partial charge is 0.337 e. The van der Waals surface area contributed by atoms with Gasteiger partial charge in [0.25, 0.3) is 0 Å². The standard InChI is InChI=1S/C20H40O7/c1-2-3-4-5-6-7-8-9-10-11-12-13-14-27-20(26)19(25)18(24)17(23)16(22)15-21/h16-19,21-25H,2-15H2,1H3. The molecule has 162 valence electrons. The first kappa shape index (κ1) is 26.3. The molecule has 0 aromatic carbocycles. The normalized spacial score (nSPS) is 15.9. The molecule has 0 radical (unpaired) electrons. The summed E-state index contributed by atoms with van der Waals surface area (Å²) in [4.78, 5) is 11.6. The average Bonchev–Trinajstić information content (AvgIpc) is 2.68. The first-order chi connectivity index (χ1) is 13.0. The zero-order valence-corrected chi connectivity index (χ0v) is 16.8. The van der Waals surface area contributed by atoms with E-state index in [9.17, 15) is 25.2 Å². The highest BCUT2D eigenvalue weighted by Crippen LogP contribution is 2.12.